The zero-order valence-electron chi connectivity index (χ0n) is 29.9. The van der Waals surface area contributed by atoms with Crippen molar-refractivity contribution in [2.75, 3.05) is 0 Å². The van der Waals surface area contributed by atoms with E-state index in [-0.39, 0.29) is 0 Å². The maximum atomic E-state index is 6.75. The lowest BCUT2D eigenvalue weighted by Gasteiger charge is -2.07. The molecule has 0 bridgehead atoms. The van der Waals surface area contributed by atoms with Gasteiger partial charge in [-0.3, -0.25) is 4.99 Å². The lowest BCUT2D eigenvalue weighted by Crippen LogP contribution is -2.16. The van der Waals surface area contributed by atoms with E-state index >= 15 is 0 Å². The zero-order chi connectivity index (χ0) is 37.0. The number of benzene rings is 7. The Labute approximate surface area is 319 Å². The molecule has 9 rings (SSSR count). The van der Waals surface area contributed by atoms with Gasteiger partial charge in [-0.2, -0.15) is 0 Å². The largest absolute Gasteiger partial charge is 0.452 e. The molecule has 2 N–H and O–H groups in total. The van der Waals surface area contributed by atoms with Crippen molar-refractivity contribution in [3.63, 3.8) is 0 Å². The Morgan fingerprint density at radius 1 is 0.509 bits per heavy atom. The second-order valence-electron chi connectivity index (χ2n) is 13.3. The molecule has 2 aromatic heterocycles. The van der Waals surface area contributed by atoms with Crippen LogP contribution in [-0.2, 0) is 6.54 Å². The normalized spacial score (nSPS) is 12.0. The average Bonchev–Trinajstić information content (AvgIpc) is 3.64. The van der Waals surface area contributed by atoms with E-state index in [0.717, 1.165) is 55.5 Å². The van der Waals surface area contributed by atoms with Gasteiger partial charge in [0.15, 0.2) is 17.2 Å². The van der Waals surface area contributed by atoms with Crippen LogP contribution in [0.15, 0.2) is 202 Å². The van der Waals surface area contributed by atoms with Crippen LogP contribution in [0.2, 0.25) is 0 Å². The van der Waals surface area contributed by atoms with Crippen LogP contribution in [0.1, 0.15) is 16.7 Å². The summed E-state index contributed by atoms with van der Waals surface area (Å²) < 4.78 is 6.61. The SMILES string of the molecule is NC(=NC(=NCc1ccc(-c2ccccc2)cc1)c1ccccc1)c1ccc2c(c1)oc1c(-c3ccc(-c4ccccc4)cc3)nc(-c3ccccc3)nc12. The molecule has 0 aliphatic heterocycles. The van der Waals surface area contributed by atoms with E-state index in [1.165, 1.54) is 5.56 Å². The van der Waals surface area contributed by atoms with Crippen molar-refractivity contribution >= 4 is 33.7 Å². The summed E-state index contributed by atoms with van der Waals surface area (Å²) in [5.74, 6) is 1.51. The molecule has 0 aliphatic rings. The highest BCUT2D eigenvalue weighted by Gasteiger charge is 2.19. The van der Waals surface area contributed by atoms with Crippen molar-refractivity contribution in [2.24, 2.45) is 15.7 Å². The molecule has 2 heterocycles. The molecule has 55 heavy (non-hydrogen) atoms. The molecule has 0 amide bonds. The van der Waals surface area contributed by atoms with Crippen LogP contribution in [0.3, 0.4) is 0 Å². The summed E-state index contributed by atoms with van der Waals surface area (Å²) in [4.78, 5) is 19.9. The van der Waals surface area contributed by atoms with Gasteiger partial charge in [-0.1, -0.05) is 176 Å². The predicted octanol–water partition coefficient (Wildman–Crippen LogP) is 11.4. The van der Waals surface area contributed by atoms with Crippen LogP contribution in [0.4, 0.5) is 0 Å². The topological polar surface area (TPSA) is 89.7 Å². The molecule has 0 unspecified atom stereocenters. The molecule has 6 heteroatoms. The van der Waals surface area contributed by atoms with E-state index in [2.05, 4.69) is 72.8 Å². The molecule has 7 aromatic carbocycles. The van der Waals surface area contributed by atoms with Crippen LogP contribution < -0.4 is 5.73 Å². The molecule has 262 valence electrons. The lowest BCUT2D eigenvalue weighted by atomic mass is 10.0. The summed E-state index contributed by atoms with van der Waals surface area (Å²) in [6.45, 7) is 0.455. The highest BCUT2D eigenvalue weighted by molar-refractivity contribution is 6.13. The van der Waals surface area contributed by atoms with Crippen LogP contribution in [0, 0.1) is 0 Å². The van der Waals surface area contributed by atoms with Gasteiger partial charge in [-0.25, -0.2) is 15.0 Å². The minimum absolute atomic E-state index is 0.331. The number of furan rings is 1. The average molecular weight is 710 g/mol. The molecule has 0 saturated heterocycles. The smallest absolute Gasteiger partial charge is 0.180 e. The Bertz CT molecular complexity index is 2800. The van der Waals surface area contributed by atoms with E-state index < -0.39 is 0 Å². The Morgan fingerprint density at radius 2 is 1.04 bits per heavy atom. The minimum Gasteiger partial charge on any atom is -0.452 e. The zero-order valence-corrected chi connectivity index (χ0v) is 29.9. The number of fused-ring (bicyclic) bond motifs is 3. The predicted molar refractivity (Wildman–Crippen MR) is 225 cm³/mol. The van der Waals surface area contributed by atoms with Crippen LogP contribution >= 0.6 is 0 Å². The lowest BCUT2D eigenvalue weighted by molar-refractivity contribution is 0.667. The van der Waals surface area contributed by atoms with Gasteiger partial charge in [0.05, 0.1) is 6.54 Å². The first-order chi connectivity index (χ1) is 27.2. The van der Waals surface area contributed by atoms with Crippen LogP contribution in [0.25, 0.3) is 67.0 Å². The Balaban J connectivity index is 1.08. The number of aromatic nitrogens is 2. The second-order valence-corrected chi connectivity index (χ2v) is 13.3. The first-order valence-corrected chi connectivity index (χ1v) is 18.2. The molecule has 0 aliphatic carbocycles. The summed E-state index contributed by atoms with van der Waals surface area (Å²) in [6, 6.07) is 63.4. The van der Waals surface area contributed by atoms with Gasteiger partial charge in [-0.05, 0) is 39.9 Å². The monoisotopic (exact) mass is 709 g/mol. The molecule has 0 saturated carbocycles. The van der Waals surface area contributed by atoms with Gasteiger partial charge >= 0.3 is 0 Å². The molecule has 0 atom stereocenters. The third-order valence-corrected chi connectivity index (χ3v) is 9.64. The maximum Gasteiger partial charge on any atom is 0.180 e. The van der Waals surface area contributed by atoms with E-state index in [4.69, 9.17) is 30.1 Å². The third-order valence-electron chi connectivity index (χ3n) is 9.64. The van der Waals surface area contributed by atoms with Crippen molar-refractivity contribution < 1.29 is 4.42 Å². The summed E-state index contributed by atoms with van der Waals surface area (Å²) in [7, 11) is 0. The van der Waals surface area contributed by atoms with E-state index in [1.807, 2.05) is 115 Å². The Kier molecular flexibility index (Phi) is 9.04. The number of rotatable bonds is 8. The quantitative estimate of drug-likeness (QED) is 0.126. The molecule has 0 radical (unpaired) electrons. The van der Waals surface area contributed by atoms with E-state index in [0.29, 0.717) is 40.8 Å². The van der Waals surface area contributed by atoms with Crippen molar-refractivity contribution in [2.45, 2.75) is 6.54 Å². The first-order valence-electron chi connectivity index (χ1n) is 18.2. The fourth-order valence-electron chi connectivity index (χ4n) is 6.72. The van der Waals surface area contributed by atoms with Gasteiger partial charge in [0.2, 0.25) is 0 Å². The van der Waals surface area contributed by atoms with Gasteiger partial charge in [-0.15, -0.1) is 0 Å². The number of nitrogens with two attached hydrogens (primary N) is 1. The fourth-order valence-corrected chi connectivity index (χ4v) is 6.72. The minimum atomic E-state index is 0.331. The van der Waals surface area contributed by atoms with Gasteiger partial charge in [0.25, 0.3) is 0 Å². The summed E-state index contributed by atoms with van der Waals surface area (Å²) in [6.07, 6.45) is 0. The van der Waals surface area contributed by atoms with Crippen LogP contribution in [-0.4, -0.2) is 21.6 Å². The molecule has 0 spiro atoms. The molecular weight excluding hydrogens is 675 g/mol. The van der Waals surface area contributed by atoms with E-state index in [1.54, 1.807) is 0 Å². The van der Waals surface area contributed by atoms with Crippen molar-refractivity contribution in [3.05, 3.63) is 205 Å². The molecule has 6 nitrogen and oxygen atoms in total. The third kappa shape index (κ3) is 7.04. The van der Waals surface area contributed by atoms with Gasteiger partial charge in [0, 0.05) is 27.6 Å². The van der Waals surface area contributed by atoms with Gasteiger partial charge in [0.1, 0.15) is 22.6 Å². The maximum absolute atomic E-state index is 6.75. The van der Waals surface area contributed by atoms with Crippen molar-refractivity contribution in [3.8, 4) is 44.9 Å². The number of nitrogens with zero attached hydrogens (tertiary/aromatic N) is 4. The number of aliphatic imine (C=N–C) groups is 2. The van der Waals surface area contributed by atoms with Crippen molar-refractivity contribution in [1.82, 2.24) is 9.97 Å². The highest BCUT2D eigenvalue weighted by atomic mass is 16.3. The highest BCUT2D eigenvalue weighted by Crippen LogP contribution is 2.36. The Morgan fingerprint density at radius 3 is 1.65 bits per heavy atom. The number of hydrogen-bond donors (Lipinski definition) is 1. The second kappa shape index (κ2) is 14.9. The Hall–Kier alpha value is -7.44. The fraction of sp³-hybridized carbons (Fsp3) is 0.0204. The summed E-state index contributed by atoms with van der Waals surface area (Å²) in [5.41, 5.74) is 18.6. The van der Waals surface area contributed by atoms with Gasteiger partial charge < -0.3 is 10.2 Å². The summed E-state index contributed by atoms with van der Waals surface area (Å²) >= 11 is 0. The standard InChI is InChI=1S/C49H35N5O/c50-47(54-48(39-17-9-3-10-18-39)51-32-33-21-23-36(24-22-33)34-13-5-1-6-14-34)41-29-30-42-43(31-41)55-46-44(52-49(53-45(42)46)40-19-11-4-12-20-40)38-27-25-37(26-28-38)35-15-7-2-8-16-35/h1-31H,32H2,(H2,50,51,54). The first kappa shape index (κ1) is 33.4. The molecule has 0 fully saturated rings. The molecule has 9 aromatic rings. The number of amidine groups is 2. The van der Waals surface area contributed by atoms with E-state index in [9.17, 15) is 0 Å². The van der Waals surface area contributed by atoms with Crippen LogP contribution in [0.5, 0.6) is 0 Å². The van der Waals surface area contributed by atoms with Crippen molar-refractivity contribution in [1.29, 1.82) is 0 Å². The molecular formula is C49H35N5O. The summed E-state index contributed by atoms with van der Waals surface area (Å²) in [5, 5.41) is 0.865. The number of hydrogen-bond acceptors (Lipinski definition) is 4.